The molecule has 0 aliphatic rings. The number of pyridine rings is 1. The minimum absolute atomic E-state index is 0.272. The molecule has 0 saturated carbocycles. The molecule has 0 saturated heterocycles. The van der Waals surface area contributed by atoms with Crippen molar-refractivity contribution >= 4 is 21.9 Å². The first kappa shape index (κ1) is 17.5. The predicted octanol–water partition coefficient (Wildman–Crippen LogP) is 3.68. The summed E-state index contributed by atoms with van der Waals surface area (Å²) in [7, 11) is 0.720. The summed E-state index contributed by atoms with van der Waals surface area (Å²) < 4.78 is 82.9. The number of hydrogen-bond acceptors (Lipinski definition) is 4. The lowest BCUT2D eigenvalue weighted by atomic mass is 10.1. The molecule has 0 amide bonds. The molecular formula is C10H6BrF6NO3. The highest BCUT2D eigenvalue weighted by Gasteiger charge is 2.42. The maximum atomic E-state index is 12.9. The van der Waals surface area contributed by atoms with Crippen molar-refractivity contribution in [3.8, 4) is 5.88 Å². The van der Waals surface area contributed by atoms with Gasteiger partial charge in [0, 0.05) is 5.33 Å². The van der Waals surface area contributed by atoms with Crippen molar-refractivity contribution in [2.75, 3.05) is 7.11 Å². The number of nitrogens with zero attached hydrogens (tertiary/aromatic N) is 1. The number of ether oxygens (including phenoxy) is 2. The molecule has 0 aliphatic carbocycles. The highest BCUT2D eigenvalue weighted by atomic mass is 79.9. The Morgan fingerprint density at radius 1 is 1.29 bits per heavy atom. The normalized spacial score (nSPS) is 12.2. The Morgan fingerprint density at radius 2 is 1.86 bits per heavy atom. The van der Waals surface area contributed by atoms with E-state index in [9.17, 15) is 31.1 Å². The van der Waals surface area contributed by atoms with Gasteiger partial charge in [0.05, 0.1) is 18.4 Å². The third-order valence-electron chi connectivity index (χ3n) is 2.08. The van der Waals surface area contributed by atoms with E-state index >= 15 is 0 Å². The van der Waals surface area contributed by atoms with Crippen LogP contribution in [0.25, 0.3) is 0 Å². The zero-order valence-electron chi connectivity index (χ0n) is 10.1. The van der Waals surface area contributed by atoms with Gasteiger partial charge in [-0.2, -0.15) is 13.2 Å². The van der Waals surface area contributed by atoms with Crippen molar-refractivity contribution in [1.82, 2.24) is 4.98 Å². The Balaban J connectivity index is 3.62. The Kier molecular flexibility index (Phi) is 5.07. The Bertz CT molecular complexity index is 543. The Hall–Kier alpha value is -1.52. The van der Waals surface area contributed by atoms with Gasteiger partial charge in [0.1, 0.15) is 5.56 Å². The second kappa shape index (κ2) is 6.08. The van der Waals surface area contributed by atoms with Gasteiger partial charge in [-0.3, -0.25) is 0 Å². The van der Waals surface area contributed by atoms with Gasteiger partial charge in [-0.25, -0.2) is 9.78 Å². The van der Waals surface area contributed by atoms with Crippen LogP contribution < -0.4 is 4.74 Å². The van der Waals surface area contributed by atoms with Crippen LogP contribution in [0.3, 0.4) is 0 Å². The third-order valence-corrected chi connectivity index (χ3v) is 2.66. The molecule has 0 fully saturated rings. The predicted molar refractivity (Wildman–Crippen MR) is 59.9 cm³/mol. The SMILES string of the molecule is COC(=O)c1c(C(F)(F)F)cc(CBr)nc1OC(F)(F)F. The molecule has 0 aromatic carbocycles. The lowest BCUT2D eigenvalue weighted by Crippen LogP contribution is -2.23. The smallest absolute Gasteiger partial charge is 0.465 e. The van der Waals surface area contributed by atoms with Crippen molar-refractivity contribution < 1.29 is 40.6 Å². The molecule has 0 N–H and O–H groups in total. The fourth-order valence-electron chi connectivity index (χ4n) is 1.35. The van der Waals surface area contributed by atoms with Gasteiger partial charge in [-0.1, -0.05) is 15.9 Å². The highest BCUT2D eigenvalue weighted by molar-refractivity contribution is 9.08. The molecule has 11 heteroatoms. The van der Waals surface area contributed by atoms with Gasteiger partial charge in [0.2, 0.25) is 5.88 Å². The lowest BCUT2D eigenvalue weighted by Gasteiger charge is -2.17. The van der Waals surface area contributed by atoms with E-state index in [1.807, 2.05) is 0 Å². The molecule has 21 heavy (non-hydrogen) atoms. The number of carbonyl (C=O) groups excluding carboxylic acids is 1. The van der Waals surface area contributed by atoms with E-state index < -0.39 is 41.2 Å². The molecule has 1 aromatic heterocycles. The van der Waals surface area contributed by atoms with Crippen LogP contribution in [0.5, 0.6) is 5.88 Å². The van der Waals surface area contributed by atoms with E-state index in [0.29, 0.717) is 6.07 Å². The van der Waals surface area contributed by atoms with E-state index in [1.165, 1.54) is 0 Å². The molecule has 1 aromatic rings. The summed E-state index contributed by atoms with van der Waals surface area (Å²) >= 11 is 2.77. The summed E-state index contributed by atoms with van der Waals surface area (Å²) in [4.78, 5) is 14.6. The number of esters is 1. The number of aromatic nitrogens is 1. The zero-order chi connectivity index (χ0) is 16.4. The van der Waals surface area contributed by atoms with Crippen LogP contribution in [-0.2, 0) is 16.2 Å². The van der Waals surface area contributed by atoms with Crippen molar-refractivity contribution in [2.45, 2.75) is 17.9 Å². The van der Waals surface area contributed by atoms with Crippen LogP contribution in [0, 0.1) is 0 Å². The summed E-state index contributed by atoms with van der Waals surface area (Å²) in [6.07, 6.45) is -10.4. The van der Waals surface area contributed by atoms with Gasteiger partial charge < -0.3 is 9.47 Å². The molecule has 118 valence electrons. The summed E-state index contributed by atoms with van der Waals surface area (Å²) in [6.45, 7) is 0. The standard InChI is InChI=1S/C10H6BrF6NO3/c1-20-8(19)6-5(9(12,13)14)2-4(3-11)18-7(6)21-10(15,16)17/h2H,3H2,1H3. The maximum absolute atomic E-state index is 12.9. The largest absolute Gasteiger partial charge is 0.574 e. The fourth-order valence-corrected chi connectivity index (χ4v) is 1.63. The Labute approximate surface area is 122 Å². The van der Waals surface area contributed by atoms with Crippen LogP contribution >= 0.6 is 15.9 Å². The maximum Gasteiger partial charge on any atom is 0.574 e. The quantitative estimate of drug-likeness (QED) is 0.455. The topological polar surface area (TPSA) is 48.4 Å². The van der Waals surface area contributed by atoms with E-state index in [1.54, 1.807) is 0 Å². The van der Waals surface area contributed by atoms with Crippen molar-refractivity contribution in [1.29, 1.82) is 0 Å². The average molecular weight is 382 g/mol. The minimum atomic E-state index is -5.32. The minimum Gasteiger partial charge on any atom is -0.465 e. The number of carbonyl (C=O) groups is 1. The number of rotatable bonds is 3. The molecule has 0 radical (unpaired) electrons. The second-order valence-corrected chi connectivity index (χ2v) is 4.07. The second-order valence-electron chi connectivity index (χ2n) is 3.51. The molecule has 0 unspecified atom stereocenters. The molecule has 4 nitrogen and oxygen atoms in total. The van der Waals surface area contributed by atoms with Crippen LogP contribution in [-0.4, -0.2) is 24.4 Å². The van der Waals surface area contributed by atoms with Gasteiger partial charge >= 0.3 is 18.5 Å². The van der Waals surface area contributed by atoms with E-state index in [4.69, 9.17) is 0 Å². The van der Waals surface area contributed by atoms with Crippen molar-refractivity contribution in [3.05, 3.63) is 22.9 Å². The Morgan fingerprint density at radius 3 is 2.24 bits per heavy atom. The van der Waals surface area contributed by atoms with E-state index in [-0.39, 0.29) is 5.33 Å². The third kappa shape index (κ3) is 4.48. The van der Waals surface area contributed by atoms with Crippen LogP contribution in [0.1, 0.15) is 21.6 Å². The molecule has 0 bridgehead atoms. The molecule has 0 atom stereocenters. The number of hydrogen-bond donors (Lipinski definition) is 0. The van der Waals surface area contributed by atoms with E-state index in [2.05, 4.69) is 30.4 Å². The van der Waals surface area contributed by atoms with Crippen molar-refractivity contribution in [3.63, 3.8) is 0 Å². The summed E-state index contributed by atoms with van der Waals surface area (Å²) in [5, 5.41) is -0.272. The highest BCUT2D eigenvalue weighted by Crippen LogP contribution is 2.38. The molecular weight excluding hydrogens is 376 g/mol. The van der Waals surface area contributed by atoms with Gasteiger partial charge in [-0.05, 0) is 6.07 Å². The number of methoxy groups -OCH3 is 1. The van der Waals surface area contributed by atoms with Crippen molar-refractivity contribution in [2.24, 2.45) is 0 Å². The average Bonchev–Trinajstić information content (AvgIpc) is 2.33. The molecule has 0 spiro atoms. The first-order valence-corrected chi connectivity index (χ1v) is 6.13. The molecule has 1 heterocycles. The molecule has 0 aliphatic heterocycles. The number of halogens is 7. The van der Waals surface area contributed by atoms with Gasteiger partial charge in [0.15, 0.2) is 0 Å². The first-order valence-electron chi connectivity index (χ1n) is 5.00. The summed E-state index contributed by atoms with van der Waals surface area (Å²) in [5.74, 6) is -3.16. The monoisotopic (exact) mass is 381 g/mol. The van der Waals surface area contributed by atoms with Crippen LogP contribution in [0.2, 0.25) is 0 Å². The van der Waals surface area contributed by atoms with Crippen LogP contribution in [0.4, 0.5) is 26.3 Å². The summed E-state index contributed by atoms with van der Waals surface area (Å²) in [6, 6.07) is 0.435. The van der Waals surface area contributed by atoms with Gasteiger partial charge in [0.25, 0.3) is 0 Å². The summed E-state index contributed by atoms with van der Waals surface area (Å²) in [5.41, 5.74) is -3.46. The molecule has 1 rings (SSSR count). The van der Waals surface area contributed by atoms with Crippen LogP contribution in [0.15, 0.2) is 6.07 Å². The van der Waals surface area contributed by atoms with E-state index in [0.717, 1.165) is 7.11 Å². The lowest BCUT2D eigenvalue weighted by molar-refractivity contribution is -0.276. The fraction of sp³-hybridized carbons (Fsp3) is 0.400. The van der Waals surface area contributed by atoms with Gasteiger partial charge in [-0.15, -0.1) is 13.2 Å². The number of alkyl halides is 7. The first-order chi connectivity index (χ1) is 9.49. The zero-order valence-corrected chi connectivity index (χ0v) is 11.7.